The molecule has 1 heterocycles. The lowest BCUT2D eigenvalue weighted by molar-refractivity contribution is 0.121. The van der Waals surface area contributed by atoms with Crippen molar-refractivity contribution in [2.75, 3.05) is 64.4 Å². The van der Waals surface area contributed by atoms with Crippen LogP contribution in [0.15, 0.2) is 60.7 Å². The molecule has 214 valence electrons. The third-order valence-corrected chi connectivity index (χ3v) is 8.70. The molecule has 0 amide bonds. The van der Waals surface area contributed by atoms with E-state index in [1.807, 2.05) is 12.1 Å². The molecule has 6 heteroatoms. The summed E-state index contributed by atoms with van der Waals surface area (Å²) < 4.78 is 11.7. The lowest BCUT2D eigenvalue weighted by Gasteiger charge is -2.33. The second kappa shape index (κ2) is 13.4. The van der Waals surface area contributed by atoms with E-state index in [2.05, 4.69) is 77.1 Å². The summed E-state index contributed by atoms with van der Waals surface area (Å²) in [4.78, 5) is 7.46. The van der Waals surface area contributed by atoms with Crippen molar-refractivity contribution >= 4 is 5.69 Å². The van der Waals surface area contributed by atoms with Crippen molar-refractivity contribution in [3.63, 3.8) is 0 Å². The van der Waals surface area contributed by atoms with Gasteiger partial charge in [-0.1, -0.05) is 31.2 Å². The number of piperazine rings is 1. The van der Waals surface area contributed by atoms with Gasteiger partial charge in [-0.05, 0) is 91.2 Å². The number of hydrogen-bond acceptors (Lipinski definition) is 6. The molecule has 1 aliphatic carbocycles. The van der Waals surface area contributed by atoms with Crippen molar-refractivity contribution in [1.82, 2.24) is 9.80 Å². The lowest BCUT2D eigenvalue weighted by Crippen LogP contribution is -2.47. The van der Waals surface area contributed by atoms with E-state index in [1.54, 1.807) is 7.11 Å². The number of benzene rings is 3. The van der Waals surface area contributed by atoms with E-state index in [1.165, 1.54) is 27.9 Å². The number of rotatable bonds is 11. The van der Waals surface area contributed by atoms with Crippen LogP contribution in [0.3, 0.4) is 0 Å². The summed E-state index contributed by atoms with van der Waals surface area (Å²) in [6.45, 7) is 13.6. The van der Waals surface area contributed by atoms with E-state index >= 15 is 0 Å². The molecule has 1 fully saturated rings. The van der Waals surface area contributed by atoms with Gasteiger partial charge >= 0.3 is 0 Å². The van der Waals surface area contributed by atoms with Crippen molar-refractivity contribution in [1.29, 1.82) is 0 Å². The zero-order valence-electron chi connectivity index (χ0n) is 24.4. The number of aromatic hydroxyl groups is 1. The number of ether oxygens (including phenoxy) is 2. The molecule has 2 aliphatic rings. The fourth-order valence-electron chi connectivity index (χ4n) is 6.18. The Labute approximate surface area is 240 Å². The fourth-order valence-corrected chi connectivity index (χ4v) is 6.18. The summed E-state index contributed by atoms with van der Waals surface area (Å²) >= 11 is 0. The molecule has 5 rings (SSSR count). The van der Waals surface area contributed by atoms with Crippen LogP contribution in [0.5, 0.6) is 17.2 Å². The molecule has 0 bridgehead atoms. The van der Waals surface area contributed by atoms with Gasteiger partial charge in [0.05, 0.1) is 7.11 Å². The van der Waals surface area contributed by atoms with Gasteiger partial charge < -0.3 is 24.4 Å². The Balaban J connectivity index is 1.23. The number of aryl methyl sites for hydroxylation is 1. The maximum Gasteiger partial charge on any atom is 0.120 e. The minimum atomic E-state index is 0.362. The van der Waals surface area contributed by atoms with E-state index in [4.69, 9.17) is 9.47 Å². The summed E-state index contributed by atoms with van der Waals surface area (Å²) in [5.74, 6) is 2.63. The van der Waals surface area contributed by atoms with Crippen molar-refractivity contribution in [3.8, 4) is 17.2 Å². The fraction of sp³-hybridized carbons (Fsp3) is 0.471. The van der Waals surface area contributed by atoms with E-state index < -0.39 is 0 Å². The van der Waals surface area contributed by atoms with E-state index in [0.29, 0.717) is 11.7 Å². The van der Waals surface area contributed by atoms with Crippen LogP contribution in [0.25, 0.3) is 0 Å². The summed E-state index contributed by atoms with van der Waals surface area (Å²) in [5, 5.41) is 9.92. The number of fused-ring (bicyclic) bond motifs is 1. The zero-order valence-corrected chi connectivity index (χ0v) is 24.4. The van der Waals surface area contributed by atoms with Crippen LogP contribution in [0, 0.1) is 0 Å². The first-order valence-corrected chi connectivity index (χ1v) is 15.0. The zero-order chi connectivity index (χ0) is 27.9. The Morgan fingerprint density at radius 1 is 0.875 bits per heavy atom. The molecule has 0 aromatic heterocycles. The number of phenolic OH excluding ortho intramolecular Hbond substituents is 1. The van der Waals surface area contributed by atoms with E-state index in [-0.39, 0.29) is 0 Å². The van der Waals surface area contributed by atoms with Gasteiger partial charge in [-0.3, -0.25) is 4.90 Å². The third-order valence-electron chi connectivity index (χ3n) is 8.70. The normalized spacial score (nSPS) is 17.8. The SMILES string of the molecule is CCN1CCN(CCOc2ccc(CN(CC)c3cc(OC)ccc3C3CCc4cc(O)ccc4C3)cc2)CC1. The minimum absolute atomic E-state index is 0.362. The highest BCUT2D eigenvalue weighted by molar-refractivity contribution is 5.60. The van der Waals surface area contributed by atoms with Crippen molar-refractivity contribution in [2.24, 2.45) is 0 Å². The molecule has 1 saturated heterocycles. The third kappa shape index (κ3) is 6.91. The Morgan fingerprint density at radius 3 is 2.35 bits per heavy atom. The summed E-state index contributed by atoms with van der Waals surface area (Å²) in [5.41, 5.74) is 6.51. The molecule has 1 N–H and O–H groups in total. The first kappa shape index (κ1) is 28.3. The van der Waals surface area contributed by atoms with E-state index in [9.17, 15) is 5.11 Å². The van der Waals surface area contributed by atoms with Crippen LogP contribution in [0.1, 0.15) is 48.4 Å². The van der Waals surface area contributed by atoms with Gasteiger partial charge in [0.1, 0.15) is 23.9 Å². The molecule has 40 heavy (non-hydrogen) atoms. The number of likely N-dealkylation sites (N-methyl/N-ethyl adjacent to an activating group) is 1. The van der Waals surface area contributed by atoms with Crippen LogP contribution >= 0.6 is 0 Å². The number of nitrogens with zero attached hydrogens (tertiary/aromatic N) is 3. The molecule has 1 atom stereocenters. The van der Waals surface area contributed by atoms with Crippen LogP contribution in [0.2, 0.25) is 0 Å². The summed E-state index contributed by atoms with van der Waals surface area (Å²) in [6, 6.07) is 21.0. The van der Waals surface area contributed by atoms with Gasteiger partial charge in [-0.25, -0.2) is 0 Å². The van der Waals surface area contributed by atoms with E-state index in [0.717, 1.165) is 89.7 Å². The highest BCUT2D eigenvalue weighted by atomic mass is 16.5. The second-order valence-corrected chi connectivity index (χ2v) is 11.1. The van der Waals surface area contributed by atoms with Gasteiger partial charge in [0, 0.05) is 57.6 Å². The van der Waals surface area contributed by atoms with Gasteiger partial charge in [-0.15, -0.1) is 0 Å². The monoisotopic (exact) mass is 543 g/mol. The largest absolute Gasteiger partial charge is 0.508 e. The van der Waals surface area contributed by atoms with Crippen molar-refractivity contribution in [3.05, 3.63) is 82.9 Å². The van der Waals surface area contributed by atoms with Gasteiger partial charge in [0.15, 0.2) is 0 Å². The standard InChI is InChI=1S/C34H45N3O3/c1-4-35-16-18-36(19-17-35)20-21-40-31-12-6-26(7-13-31)25-37(5-2)34-24-32(39-3)14-15-33(34)29-9-8-28-23-30(38)11-10-27(28)22-29/h6-7,10-15,23-24,29,38H,4-5,8-9,16-22,25H2,1-3H3. The molecule has 3 aromatic rings. The number of anilines is 1. The average Bonchev–Trinajstić information content (AvgIpc) is 3.00. The van der Waals surface area contributed by atoms with Crippen molar-refractivity contribution in [2.45, 2.75) is 45.6 Å². The first-order valence-electron chi connectivity index (χ1n) is 15.0. The second-order valence-electron chi connectivity index (χ2n) is 11.1. The molecular formula is C34H45N3O3. The Hall–Kier alpha value is -3.22. The van der Waals surface area contributed by atoms with Crippen LogP contribution < -0.4 is 14.4 Å². The Morgan fingerprint density at radius 2 is 1.62 bits per heavy atom. The molecule has 1 unspecified atom stereocenters. The molecule has 6 nitrogen and oxygen atoms in total. The first-order chi connectivity index (χ1) is 19.6. The highest BCUT2D eigenvalue weighted by Gasteiger charge is 2.25. The van der Waals surface area contributed by atoms with Gasteiger partial charge in [0.25, 0.3) is 0 Å². The van der Waals surface area contributed by atoms with Gasteiger partial charge in [0.2, 0.25) is 0 Å². The average molecular weight is 544 g/mol. The number of hydrogen-bond donors (Lipinski definition) is 1. The number of phenols is 1. The molecule has 0 saturated carbocycles. The minimum Gasteiger partial charge on any atom is -0.508 e. The topological polar surface area (TPSA) is 48.4 Å². The Kier molecular flexibility index (Phi) is 9.50. The predicted octanol–water partition coefficient (Wildman–Crippen LogP) is 5.72. The van der Waals surface area contributed by atoms with Crippen LogP contribution in [-0.2, 0) is 19.4 Å². The molecule has 0 radical (unpaired) electrons. The number of methoxy groups -OCH3 is 1. The van der Waals surface area contributed by atoms with Crippen LogP contribution in [0.4, 0.5) is 5.69 Å². The predicted molar refractivity (Wildman–Crippen MR) is 163 cm³/mol. The summed E-state index contributed by atoms with van der Waals surface area (Å²) in [7, 11) is 1.74. The highest BCUT2D eigenvalue weighted by Crippen LogP contribution is 2.40. The lowest BCUT2D eigenvalue weighted by atomic mass is 9.79. The Bertz CT molecular complexity index is 1240. The molecule has 3 aromatic carbocycles. The molecular weight excluding hydrogens is 498 g/mol. The smallest absolute Gasteiger partial charge is 0.120 e. The maximum atomic E-state index is 9.92. The van der Waals surface area contributed by atoms with Crippen LogP contribution in [-0.4, -0.2) is 74.4 Å². The molecule has 0 spiro atoms. The summed E-state index contributed by atoms with van der Waals surface area (Å²) in [6.07, 6.45) is 3.06. The maximum absolute atomic E-state index is 9.92. The van der Waals surface area contributed by atoms with Gasteiger partial charge in [-0.2, -0.15) is 0 Å². The van der Waals surface area contributed by atoms with Crippen molar-refractivity contribution < 1.29 is 14.6 Å². The quantitative estimate of drug-likeness (QED) is 0.334. The molecule has 1 aliphatic heterocycles.